The molecule has 0 bridgehead atoms. The number of nitrogens with two attached hydrogens (primary N) is 1. The summed E-state index contributed by atoms with van der Waals surface area (Å²) in [7, 11) is 1.69. The van der Waals surface area contributed by atoms with Gasteiger partial charge in [-0.25, -0.2) is 4.99 Å². The minimum Gasteiger partial charge on any atom is -0.369 e. The zero-order chi connectivity index (χ0) is 27.3. The number of carbonyl (C=O) groups excluding carboxylic acids is 3. The number of nitrogens with one attached hydrogen (secondary N) is 1. The Labute approximate surface area is 220 Å². The van der Waals surface area contributed by atoms with Gasteiger partial charge in [-0.3, -0.25) is 14.4 Å². The molecular weight excluding hydrogens is 464 g/mol. The first-order valence-electron chi connectivity index (χ1n) is 13.0. The Kier molecular flexibility index (Phi) is 8.89. The van der Waals surface area contributed by atoms with Gasteiger partial charge in [-0.1, -0.05) is 83.1 Å². The monoisotopic (exact) mass is 504 g/mol. The fourth-order valence-corrected chi connectivity index (χ4v) is 4.78. The summed E-state index contributed by atoms with van der Waals surface area (Å²) in [5, 5.41) is 2.89. The molecule has 37 heavy (non-hydrogen) atoms. The van der Waals surface area contributed by atoms with E-state index in [4.69, 9.17) is 10.7 Å². The topological polar surface area (TPSA) is 105 Å². The molecule has 3 N–H and O–H groups in total. The molecule has 0 fully saturated rings. The molecule has 3 atom stereocenters. The Morgan fingerprint density at radius 1 is 1.03 bits per heavy atom. The van der Waals surface area contributed by atoms with Crippen molar-refractivity contribution in [1.29, 1.82) is 0 Å². The largest absolute Gasteiger partial charge is 0.369 e. The van der Waals surface area contributed by atoms with Gasteiger partial charge in [0.1, 0.15) is 0 Å². The van der Waals surface area contributed by atoms with Gasteiger partial charge < -0.3 is 16.0 Å². The van der Waals surface area contributed by atoms with Gasteiger partial charge in [0, 0.05) is 30.0 Å². The minimum absolute atomic E-state index is 0.00677. The maximum absolute atomic E-state index is 13.7. The molecular formula is C30H40N4O3. The van der Waals surface area contributed by atoms with E-state index in [-0.39, 0.29) is 23.1 Å². The predicted octanol–water partition coefficient (Wildman–Crippen LogP) is 4.53. The summed E-state index contributed by atoms with van der Waals surface area (Å²) < 4.78 is 0. The van der Waals surface area contributed by atoms with Crippen LogP contribution in [0, 0.1) is 23.2 Å². The van der Waals surface area contributed by atoms with Gasteiger partial charge in [-0.15, -0.1) is 0 Å². The zero-order valence-electron chi connectivity index (χ0n) is 22.8. The number of likely N-dealkylation sites (N-methyl/N-ethyl adjacent to an activating group) is 1. The predicted molar refractivity (Wildman–Crippen MR) is 148 cm³/mol. The van der Waals surface area contributed by atoms with Crippen molar-refractivity contribution in [1.82, 2.24) is 5.32 Å². The molecule has 0 aliphatic carbocycles. The van der Waals surface area contributed by atoms with Crippen LogP contribution in [0.1, 0.15) is 65.0 Å². The van der Waals surface area contributed by atoms with Gasteiger partial charge in [0.15, 0.2) is 0 Å². The second-order valence-electron chi connectivity index (χ2n) is 11.5. The third-order valence-corrected chi connectivity index (χ3v) is 6.79. The van der Waals surface area contributed by atoms with Crippen molar-refractivity contribution in [2.45, 2.75) is 60.0 Å². The molecule has 0 radical (unpaired) electrons. The molecule has 2 aromatic carbocycles. The molecule has 2 aromatic rings. The average molecular weight is 505 g/mol. The van der Waals surface area contributed by atoms with Crippen LogP contribution < -0.4 is 16.0 Å². The van der Waals surface area contributed by atoms with Crippen LogP contribution in [0.3, 0.4) is 0 Å². The molecule has 1 aliphatic rings. The molecule has 7 heteroatoms. The van der Waals surface area contributed by atoms with E-state index in [1.54, 1.807) is 7.05 Å². The Hall–Kier alpha value is -3.48. The normalized spacial score (nSPS) is 17.5. The van der Waals surface area contributed by atoms with Crippen molar-refractivity contribution < 1.29 is 14.4 Å². The molecule has 7 nitrogen and oxygen atoms in total. The number of aliphatic imine (C=N–C) groups is 1. The molecule has 1 heterocycles. The van der Waals surface area contributed by atoms with E-state index in [9.17, 15) is 14.4 Å². The summed E-state index contributed by atoms with van der Waals surface area (Å²) in [5.41, 5.74) is 8.80. The number of nitrogens with zero attached hydrogens (tertiary/aromatic N) is 2. The summed E-state index contributed by atoms with van der Waals surface area (Å²) in [6.45, 7) is 10.3. The summed E-state index contributed by atoms with van der Waals surface area (Å²) >= 11 is 0. The number of hydrogen-bond acceptors (Lipinski definition) is 4. The van der Waals surface area contributed by atoms with Gasteiger partial charge in [-0.05, 0) is 36.7 Å². The van der Waals surface area contributed by atoms with Crippen LogP contribution in [-0.4, -0.2) is 36.6 Å². The second kappa shape index (κ2) is 11.7. The second-order valence-corrected chi connectivity index (χ2v) is 11.5. The molecule has 0 spiro atoms. The number of amides is 3. The Morgan fingerprint density at radius 3 is 2.24 bits per heavy atom. The summed E-state index contributed by atoms with van der Waals surface area (Å²) in [5.74, 6) is -2.34. The van der Waals surface area contributed by atoms with Gasteiger partial charge in [-0.2, -0.15) is 0 Å². The number of anilines is 1. The number of carbonyl (C=O) groups is 3. The van der Waals surface area contributed by atoms with Gasteiger partial charge in [0.25, 0.3) is 5.91 Å². The smallest absolute Gasteiger partial charge is 0.272 e. The van der Waals surface area contributed by atoms with Crippen LogP contribution in [0.25, 0.3) is 0 Å². The lowest BCUT2D eigenvalue weighted by atomic mass is 9.78. The fraction of sp³-hybridized carbons (Fsp3) is 0.467. The first-order chi connectivity index (χ1) is 17.4. The number of fused-ring (bicyclic) bond motifs is 1. The number of benzene rings is 2. The third kappa shape index (κ3) is 7.06. The Bertz CT molecular complexity index is 1150. The highest BCUT2D eigenvalue weighted by Crippen LogP contribution is 2.31. The van der Waals surface area contributed by atoms with E-state index in [2.05, 4.69) is 26.1 Å². The lowest BCUT2D eigenvalue weighted by Gasteiger charge is -2.29. The van der Waals surface area contributed by atoms with E-state index in [0.717, 1.165) is 17.5 Å². The van der Waals surface area contributed by atoms with Gasteiger partial charge in [0.05, 0.1) is 11.4 Å². The zero-order valence-corrected chi connectivity index (χ0v) is 22.8. The van der Waals surface area contributed by atoms with Crippen LogP contribution in [0.2, 0.25) is 0 Å². The quantitative estimate of drug-likeness (QED) is 0.524. The van der Waals surface area contributed by atoms with Crippen molar-refractivity contribution >= 4 is 29.1 Å². The van der Waals surface area contributed by atoms with E-state index < -0.39 is 23.9 Å². The molecule has 3 rings (SSSR count). The van der Waals surface area contributed by atoms with E-state index in [1.165, 1.54) is 4.90 Å². The van der Waals surface area contributed by atoms with Gasteiger partial charge in [0.2, 0.25) is 18.0 Å². The fourth-order valence-electron chi connectivity index (χ4n) is 4.78. The van der Waals surface area contributed by atoms with Crippen molar-refractivity contribution in [2.24, 2.45) is 33.9 Å². The number of rotatable bonds is 9. The third-order valence-electron chi connectivity index (χ3n) is 6.79. The Morgan fingerprint density at radius 2 is 1.65 bits per heavy atom. The molecule has 1 aliphatic heterocycles. The summed E-state index contributed by atoms with van der Waals surface area (Å²) in [6, 6.07) is 17.2. The maximum atomic E-state index is 13.7. The SMILES string of the molecule is CC(C)C[C@@H](C(=O)N[C@H]1N=C(c2ccccc2)c2ccccc2N(C)C1=O)[C@H](CCC(C)(C)C)C(N)=O. The van der Waals surface area contributed by atoms with E-state index >= 15 is 0 Å². The first kappa shape index (κ1) is 28.1. The average Bonchev–Trinajstić information content (AvgIpc) is 2.93. The van der Waals surface area contributed by atoms with Crippen molar-refractivity contribution in [3.63, 3.8) is 0 Å². The number of benzodiazepines with no additional fused rings is 1. The highest BCUT2D eigenvalue weighted by atomic mass is 16.2. The maximum Gasteiger partial charge on any atom is 0.272 e. The minimum atomic E-state index is -1.13. The van der Waals surface area contributed by atoms with Crippen molar-refractivity contribution in [3.05, 3.63) is 65.7 Å². The van der Waals surface area contributed by atoms with Crippen LogP contribution >= 0.6 is 0 Å². The number of hydrogen-bond donors (Lipinski definition) is 2. The Balaban J connectivity index is 2.00. The summed E-state index contributed by atoms with van der Waals surface area (Å²) in [4.78, 5) is 46.1. The molecule has 0 saturated heterocycles. The van der Waals surface area contributed by atoms with Crippen LogP contribution in [0.15, 0.2) is 59.6 Å². The lowest BCUT2D eigenvalue weighted by Crippen LogP contribution is -2.50. The molecule has 198 valence electrons. The van der Waals surface area contributed by atoms with Crippen molar-refractivity contribution in [2.75, 3.05) is 11.9 Å². The highest BCUT2D eigenvalue weighted by molar-refractivity contribution is 6.20. The first-order valence-corrected chi connectivity index (χ1v) is 13.0. The van der Waals surface area contributed by atoms with Crippen LogP contribution in [-0.2, 0) is 14.4 Å². The molecule has 0 saturated carbocycles. The van der Waals surface area contributed by atoms with E-state index in [1.807, 2.05) is 68.4 Å². The standard InChI is InChI=1S/C30H40N4O3/c1-19(2)18-23(21(26(31)35)16-17-30(3,4)5)28(36)33-27-29(37)34(6)24-15-11-10-14-22(24)25(32-27)20-12-8-7-9-13-20/h7-15,19,21,23,27H,16-18H2,1-6H3,(H2,31,35)(H,33,36)/t21-,23+,27+/m0/s1. The van der Waals surface area contributed by atoms with Crippen LogP contribution in [0.4, 0.5) is 5.69 Å². The molecule has 0 aromatic heterocycles. The van der Waals surface area contributed by atoms with Crippen LogP contribution in [0.5, 0.6) is 0 Å². The number of primary amides is 1. The van der Waals surface area contributed by atoms with Crippen molar-refractivity contribution in [3.8, 4) is 0 Å². The lowest BCUT2D eigenvalue weighted by molar-refractivity contribution is -0.136. The molecule has 3 amide bonds. The van der Waals surface area contributed by atoms with Gasteiger partial charge >= 0.3 is 0 Å². The number of para-hydroxylation sites is 1. The highest BCUT2D eigenvalue weighted by Gasteiger charge is 2.37. The van der Waals surface area contributed by atoms with E-state index in [0.29, 0.717) is 24.2 Å². The summed E-state index contributed by atoms with van der Waals surface area (Å²) in [6.07, 6.45) is 0.604. The molecule has 0 unspecified atom stereocenters.